The van der Waals surface area contributed by atoms with Crippen LogP contribution in [0.25, 0.3) is 0 Å². The number of hydrogen-bond donors (Lipinski definition) is 2. The van der Waals surface area contributed by atoms with Crippen molar-refractivity contribution in [2.45, 2.75) is 25.8 Å². The van der Waals surface area contributed by atoms with Gasteiger partial charge in [-0.1, -0.05) is 0 Å². The van der Waals surface area contributed by atoms with Crippen molar-refractivity contribution in [2.75, 3.05) is 6.54 Å². The fourth-order valence-electron chi connectivity index (χ4n) is 1.77. The SMILES string of the molecule is N/N=C1\CCCCN1Cc1c[nH]c(=S)s1. The van der Waals surface area contributed by atoms with E-state index in [1.807, 2.05) is 6.20 Å². The second-order valence-electron chi connectivity index (χ2n) is 3.57. The largest absolute Gasteiger partial charge is 0.353 e. The van der Waals surface area contributed by atoms with Crippen LogP contribution in [0.4, 0.5) is 0 Å². The zero-order valence-electron chi connectivity index (χ0n) is 8.40. The molecule has 4 nitrogen and oxygen atoms in total. The first-order valence-electron chi connectivity index (χ1n) is 4.98. The number of hydrogen-bond acceptors (Lipinski definition) is 4. The van der Waals surface area contributed by atoms with E-state index in [4.69, 9.17) is 18.1 Å². The topological polar surface area (TPSA) is 57.4 Å². The number of H-pyrrole nitrogens is 1. The molecule has 0 aliphatic carbocycles. The van der Waals surface area contributed by atoms with E-state index < -0.39 is 0 Å². The summed E-state index contributed by atoms with van der Waals surface area (Å²) in [6.45, 7) is 1.91. The predicted octanol–water partition coefficient (Wildman–Crippen LogP) is 2.06. The summed E-state index contributed by atoms with van der Waals surface area (Å²) in [5.41, 5.74) is 0. The van der Waals surface area contributed by atoms with Gasteiger partial charge in [-0.25, -0.2) is 0 Å². The summed E-state index contributed by atoms with van der Waals surface area (Å²) >= 11 is 6.66. The second-order valence-corrected chi connectivity index (χ2v) is 5.37. The lowest BCUT2D eigenvalue weighted by molar-refractivity contribution is 0.365. The Morgan fingerprint density at radius 3 is 3.13 bits per heavy atom. The van der Waals surface area contributed by atoms with Crippen LogP contribution in [0.3, 0.4) is 0 Å². The highest BCUT2D eigenvalue weighted by molar-refractivity contribution is 7.73. The van der Waals surface area contributed by atoms with Gasteiger partial charge in [0, 0.05) is 24.0 Å². The summed E-state index contributed by atoms with van der Waals surface area (Å²) in [6.07, 6.45) is 5.37. The molecule has 1 aromatic rings. The molecule has 0 radical (unpaired) electrons. The summed E-state index contributed by atoms with van der Waals surface area (Å²) in [4.78, 5) is 6.50. The third kappa shape index (κ3) is 2.57. The molecule has 0 saturated carbocycles. The minimum absolute atomic E-state index is 0.827. The molecule has 1 aliphatic rings. The van der Waals surface area contributed by atoms with Gasteiger partial charge >= 0.3 is 0 Å². The Balaban J connectivity index is 2.07. The molecule has 1 aliphatic heterocycles. The van der Waals surface area contributed by atoms with Gasteiger partial charge in [0.05, 0.1) is 6.54 Å². The van der Waals surface area contributed by atoms with Crippen molar-refractivity contribution in [3.05, 3.63) is 15.0 Å². The Morgan fingerprint density at radius 1 is 1.60 bits per heavy atom. The Bertz CT molecular complexity index is 406. The minimum atomic E-state index is 0.827. The van der Waals surface area contributed by atoms with Gasteiger partial charge < -0.3 is 15.7 Å². The first-order chi connectivity index (χ1) is 7.29. The highest BCUT2D eigenvalue weighted by atomic mass is 32.1. The molecule has 3 N–H and O–H groups in total. The first-order valence-corrected chi connectivity index (χ1v) is 6.21. The molecule has 0 atom stereocenters. The zero-order valence-corrected chi connectivity index (χ0v) is 10.0. The van der Waals surface area contributed by atoms with Crippen LogP contribution in [0.2, 0.25) is 0 Å². The maximum Gasteiger partial charge on any atom is 0.158 e. The van der Waals surface area contributed by atoms with E-state index in [1.165, 1.54) is 17.7 Å². The van der Waals surface area contributed by atoms with E-state index >= 15 is 0 Å². The Labute approximate surface area is 97.8 Å². The number of nitrogens with one attached hydrogen (secondary N) is 1. The number of amidine groups is 1. The molecule has 2 heterocycles. The Morgan fingerprint density at radius 2 is 2.47 bits per heavy atom. The van der Waals surface area contributed by atoms with Crippen LogP contribution in [-0.2, 0) is 6.54 Å². The van der Waals surface area contributed by atoms with Gasteiger partial charge in [-0.2, -0.15) is 5.10 Å². The third-order valence-electron chi connectivity index (χ3n) is 2.51. The molecule has 82 valence electrons. The number of aromatic amines is 1. The molecule has 1 saturated heterocycles. The summed E-state index contributed by atoms with van der Waals surface area (Å²) in [5, 5.41) is 3.84. The highest BCUT2D eigenvalue weighted by Gasteiger charge is 2.16. The molecule has 6 heteroatoms. The lowest BCUT2D eigenvalue weighted by Gasteiger charge is -2.28. The number of likely N-dealkylation sites (tertiary alicyclic amines) is 1. The molecule has 15 heavy (non-hydrogen) atoms. The van der Waals surface area contributed by atoms with Crippen molar-refractivity contribution in [1.29, 1.82) is 0 Å². The molecule has 0 bridgehead atoms. The second kappa shape index (κ2) is 4.76. The molecular weight excluding hydrogens is 228 g/mol. The van der Waals surface area contributed by atoms with Crippen LogP contribution in [0.15, 0.2) is 11.3 Å². The lowest BCUT2D eigenvalue weighted by atomic mass is 10.1. The number of nitrogens with zero attached hydrogens (tertiary/aromatic N) is 2. The van der Waals surface area contributed by atoms with E-state index in [-0.39, 0.29) is 0 Å². The van der Waals surface area contributed by atoms with Gasteiger partial charge in [0.15, 0.2) is 3.95 Å². The highest BCUT2D eigenvalue weighted by Crippen LogP contribution is 2.17. The zero-order chi connectivity index (χ0) is 10.7. The Hall–Kier alpha value is -0.880. The number of piperidine rings is 1. The molecule has 0 amide bonds. The van der Waals surface area contributed by atoms with Gasteiger partial charge in [0.1, 0.15) is 5.84 Å². The fraction of sp³-hybridized carbons (Fsp3) is 0.556. The van der Waals surface area contributed by atoms with Crippen LogP contribution in [0.1, 0.15) is 24.1 Å². The standard InChI is InChI=1S/C9H14N4S2/c10-12-8-3-1-2-4-13(8)6-7-5-11-9(14)15-7/h5H,1-4,6,10H2,(H,11,14)/b12-8+. The number of rotatable bonds is 2. The van der Waals surface area contributed by atoms with E-state index in [0.29, 0.717) is 0 Å². The molecule has 0 unspecified atom stereocenters. The number of aromatic nitrogens is 1. The first kappa shape index (κ1) is 10.6. The van der Waals surface area contributed by atoms with Crippen molar-refractivity contribution < 1.29 is 0 Å². The van der Waals surface area contributed by atoms with E-state index in [0.717, 1.165) is 29.3 Å². The van der Waals surface area contributed by atoms with Crippen molar-refractivity contribution in [2.24, 2.45) is 10.9 Å². The number of hydrazone groups is 1. The normalized spacial score (nSPS) is 19.7. The van der Waals surface area contributed by atoms with E-state index in [2.05, 4.69) is 15.0 Å². The van der Waals surface area contributed by atoms with Crippen LogP contribution in [0, 0.1) is 3.95 Å². The predicted molar refractivity (Wildman–Crippen MR) is 65.4 cm³/mol. The Kier molecular flexibility index (Phi) is 3.37. The molecule has 0 aromatic carbocycles. The van der Waals surface area contributed by atoms with Crippen molar-refractivity contribution in [3.63, 3.8) is 0 Å². The van der Waals surface area contributed by atoms with Gasteiger partial charge in [0.25, 0.3) is 0 Å². The smallest absolute Gasteiger partial charge is 0.158 e. The van der Waals surface area contributed by atoms with Crippen LogP contribution < -0.4 is 5.84 Å². The molecule has 0 spiro atoms. The van der Waals surface area contributed by atoms with Crippen LogP contribution >= 0.6 is 23.6 Å². The average Bonchev–Trinajstić information content (AvgIpc) is 2.65. The van der Waals surface area contributed by atoms with Crippen molar-refractivity contribution in [3.8, 4) is 0 Å². The monoisotopic (exact) mass is 242 g/mol. The van der Waals surface area contributed by atoms with E-state index in [9.17, 15) is 0 Å². The number of nitrogens with two attached hydrogens (primary N) is 1. The summed E-state index contributed by atoms with van der Waals surface area (Å²) in [5.74, 6) is 6.39. The van der Waals surface area contributed by atoms with Crippen molar-refractivity contribution in [1.82, 2.24) is 9.88 Å². The maximum absolute atomic E-state index is 5.37. The molecule has 1 aromatic heterocycles. The van der Waals surface area contributed by atoms with Gasteiger partial charge in [0.2, 0.25) is 0 Å². The van der Waals surface area contributed by atoms with E-state index in [1.54, 1.807) is 11.3 Å². The minimum Gasteiger partial charge on any atom is -0.353 e. The van der Waals surface area contributed by atoms with Crippen LogP contribution in [0.5, 0.6) is 0 Å². The average molecular weight is 242 g/mol. The number of thiazole rings is 1. The van der Waals surface area contributed by atoms with Crippen molar-refractivity contribution >= 4 is 29.4 Å². The van der Waals surface area contributed by atoms with Gasteiger partial charge in [-0.3, -0.25) is 0 Å². The van der Waals surface area contributed by atoms with Crippen LogP contribution in [-0.4, -0.2) is 22.3 Å². The van der Waals surface area contributed by atoms with Gasteiger partial charge in [-0.05, 0) is 25.1 Å². The summed E-state index contributed by atoms with van der Waals surface area (Å²) in [7, 11) is 0. The molecule has 1 fully saturated rings. The molecule has 2 rings (SSSR count). The third-order valence-corrected chi connectivity index (χ3v) is 3.69. The maximum atomic E-state index is 5.37. The summed E-state index contributed by atoms with van der Waals surface area (Å²) < 4.78 is 0.827. The lowest BCUT2D eigenvalue weighted by Crippen LogP contribution is -2.35. The summed E-state index contributed by atoms with van der Waals surface area (Å²) in [6, 6.07) is 0. The van der Waals surface area contributed by atoms with Gasteiger partial charge in [-0.15, -0.1) is 11.3 Å². The quantitative estimate of drug-likeness (QED) is 0.474. The molecular formula is C9H14N4S2. The fourth-order valence-corrected chi connectivity index (χ4v) is 2.85.